The molecule has 0 bridgehead atoms. The molecule has 0 unspecified atom stereocenters. The van der Waals surface area contributed by atoms with E-state index in [1.807, 2.05) is 13.8 Å². The van der Waals surface area contributed by atoms with Crippen molar-refractivity contribution < 1.29 is 18.3 Å². The monoisotopic (exact) mass is 257 g/mol. The molecule has 1 aromatic carbocycles. The molecule has 0 aliphatic heterocycles. The van der Waals surface area contributed by atoms with Gasteiger partial charge in [-0.1, -0.05) is 19.9 Å². The quantitative estimate of drug-likeness (QED) is 0.833. The van der Waals surface area contributed by atoms with Crippen LogP contribution in [0.25, 0.3) is 0 Å². The number of carboxylic acids is 1. The number of hydrogen-bond donors (Lipinski definition) is 2. The van der Waals surface area contributed by atoms with E-state index in [1.54, 1.807) is 0 Å². The van der Waals surface area contributed by atoms with Crippen molar-refractivity contribution in [2.24, 2.45) is 5.92 Å². The van der Waals surface area contributed by atoms with Crippen LogP contribution in [0.3, 0.4) is 0 Å². The lowest BCUT2D eigenvalue weighted by Gasteiger charge is -2.09. The Bertz CT molecular complexity index is 508. The van der Waals surface area contributed by atoms with Crippen LogP contribution in [-0.2, 0) is 10.0 Å². The SMILES string of the molecule is CC(C)CNS(=O)(=O)c1cccc(C(=O)O)c1. The number of rotatable bonds is 5. The van der Waals surface area contributed by atoms with Gasteiger partial charge in [0.25, 0.3) is 0 Å². The lowest BCUT2D eigenvalue weighted by atomic mass is 10.2. The number of carbonyl (C=O) groups is 1. The number of aromatic carboxylic acids is 1. The molecule has 0 amide bonds. The molecule has 5 nitrogen and oxygen atoms in total. The summed E-state index contributed by atoms with van der Waals surface area (Å²) in [4.78, 5) is 10.7. The molecule has 17 heavy (non-hydrogen) atoms. The van der Waals surface area contributed by atoms with E-state index in [2.05, 4.69) is 4.72 Å². The van der Waals surface area contributed by atoms with E-state index in [9.17, 15) is 13.2 Å². The van der Waals surface area contributed by atoms with Gasteiger partial charge in [-0.25, -0.2) is 17.9 Å². The first-order valence-electron chi connectivity index (χ1n) is 5.16. The van der Waals surface area contributed by atoms with Crippen LogP contribution in [0.2, 0.25) is 0 Å². The molecule has 94 valence electrons. The molecular weight excluding hydrogens is 242 g/mol. The maximum absolute atomic E-state index is 11.8. The molecule has 6 heteroatoms. The van der Waals surface area contributed by atoms with Crippen molar-refractivity contribution in [2.45, 2.75) is 18.7 Å². The second-order valence-corrected chi connectivity index (χ2v) is 5.85. The van der Waals surface area contributed by atoms with E-state index in [4.69, 9.17) is 5.11 Å². The lowest BCUT2D eigenvalue weighted by molar-refractivity contribution is 0.0696. The molecule has 0 atom stereocenters. The van der Waals surface area contributed by atoms with Gasteiger partial charge in [-0.05, 0) is 24.1 Å². The van der Waals surface area contributed by atoms with Gasteiger partial charge in [-0.3, -0.25) is 0 Å². The van der Waals surface area contributed by atoms with Gasteiger partial charge in [0.2, 0.25) is 10.0 Å². The summed E-state index contributed by atoms with van der Waals surface area (Å²) in [6, 6.07) is 5.28. The zero-order chi connectivity index (χ0) is 13.1. The van der Waals surface area contributed by atoms with Crippen LogP contribution in [-0.4, -0.2) is 26.0 Å². The summed E-state index contributed by atoms with van der Waals surface area (Å²) in [5, 5.41) is 8.78. The van der Waals surface area contributed by atoms with E-state index in [0.717, 1.165) is 6.07 Å². The maximum Gasteiger partial charge on any atom is 0.335 e. The molecule has 0 aromatic heterocycles. The highest BCUT2D eigenvalue weighted by molar-refractivity contribution is 7.89. The minimum atomic E-state index is -3.62. The fourth-order valence-corrected chi connectivity index (χ4v) is 2.42. The van der Waals surface area contributed by atoms with E-state index >= 15 is 0 Å². The van der Waals surface area contributed by atoms with Gasteiger partial charge in [0.05, 0.1) is 10.5 Å². The summed E-state index contributed by atoms with van der Waals surface area (Å²) in [7, 11) is -3.62. The molecule has 0 saturated heterocycles. The van der Waals surface area contributed by atoms with Crippen LogP contribution in [0.1, 0.15) is 24.2 Å². The van der Waals surface area contributed by atoms with E-state index in [-0.39, 0.29) is 16.4 Å². The van der Waals surface area contributed by atoms with Gasteiger partial charge in [0, 0.05) is 6.54 Å². The van der Waals surface area contributed by atoms with Crippen molar-refractivity contribution in [3.63, 3.8) is 0 Å². The summed E-state index contributed by atoms with van der Waals surface area (Å²) >= 11 is 0. The Morgan fingerprint density at radius 2 is 2.06 bits per heavy atom. The topological polar surface area (TPSA) is 83.5 Å². The first-order valence-corrected chi connectivity index (χ1v) is 6.64. The Labute approximate surface area is 101 Å². The Balaban J connectivity index is 2.99. The highest BCUT2D eigenvalue weighted by Crippen LogP contribution is 2.11. The standard InChI is InChI=1S/C11H15NO4S/c1-8(2)7-12-17(15,16)10-5-3-4-9(6-10)11(13)14/h3-6,8,12H,7H2,1-2H3,(H,13,14). The minimum absolute atomic E-state index is 0.0296. The van der Waals surface area contributed by atoms with Crippen molar-refractivity contribution in [2.75, 3.05) is 6.54 Å². The van der Waals surface area contributed by atoms with Crippen LogP contribution in [0.4, 0.5) is 0 Å². The van der Waals surface area contributed by atoms with Crippen molar-refractivity contribution >= 4 is 16.0 Å². The van der Waals surface area contributed by atoms with Crippen LogP contribution >= 0.6 is 0 Å². The Morgan fingerprint density at radius 3 is 2.59 bits per heavy atom. The largest absolute Gasteiger partial charge is 0.478 e. The Hall–Kier alpha value is -1.40. The van der Waals surface area contributed by atoms with Crippen molar-refractivity contribution in [1.29, 1.82) is 0 Å². The normalized spacial score (nSPS) is 11.7. The zero-order valence-corrected chi connectivity index (χ0v) is 10.5. The average molecular weight is 257 g/mol. The van der Waals surface area contributed by atoms with Crippen LogP contribution < -0.4 is 4.72 Å². The summed E-state index contributed by atoms with van der Waals surface area (Å²) in [5.74, 6) is -0.960. The summed E-state index contributed by atoms with van der Waals surface area (Å²) in [5.41, 5.74) is -0.0441. The van der Waals surface area contributed by atoms with Crippen LogP contribution in [0.15, 0.2) is 29.2 Å². The number of sulfonamides is 1. The van der Waals surface area contributed by atoms with E-state index in [0.29, 0.717) is 6.54 Å². The average Bonchev–Trinajstić information content (AvgIpc) is 2.27. The van der Waals surface area contributed by atoms with Crippen LogP contribution in [0, 0.1) is 5.92 Å². The number of hydrogen-bond acceptors (Lipinski definition) is 3. The van der Waals surface area contributed by atoms with Crippen LogP contribution in [0.5, 0.6) is 0 Å². The third-order valence-electron chi connectivity index (χ3n) is 2.07. The number of nitrogens with one attached hydrogen (secondary N) is 1. The highest BCUT2D eigenvalue weighted by atomic mass is 32.2. The smallest absolute Gasteiger partial charge is 0.335 e. The van der Waals surface area contributed by atoms with Gasteiger partial charge in [-0.2, -0.15) is 0 Å². The molecule has 1 aromatic rings. The van der Waals surface area contributed by atoms with Gasteiger partial charge in [0.15, 0.2) is 0 Å². The number of carboxylic acid groups (broad SMARTS) is 1. The molecule has 0 heterocycles. The molecular formula is C11H15NO4S. The van der Waals surface area contributed by atoms with Crippen molar-refractivity contribution in [1.82, 2.24) is 4.72 Å². The summed E-state index contributed by atoms with van der Waals surface area (Å²) in [6.45, 7) is 4.09. The van der Waals surface area contributed by atoms with Gasteiger partial charge >= 0.3 is 5.97 Å². The molecule has 0 saturated carbocycles. The Kier molecular flexibility index (Phi) is 4.25. The first kappa shape index (κ1) is 13.7. The molecule has 0 aliphatic carbocycles. The van der Waals surface area contributed by atoms with E-state index in [1.165, 1.54) is 18.2 Å². The first-order chi connectivity index (χ1) is 7.83. The van der Waals surface area contributed by atoms with Gasteiger partial charge in [0.1, 0.15) is 0 Å². The molecule has 0 aliphatic rings. The van der Waals surface area contributed by atoms with Gasteiger partial charge in [-0.15, -0.1) is 0 Å². The molecule has 2 N–H and O–H groups in total. The molecule has 0 radical (unpaired) electrons. The maximum atomic E-state index is 11.8. The second kappa shape index (κ2) is 5.29. The fraction of sp³-hybridized carbons (Fsp3) is 0.364. The fourth-order valence-electron chi connectivity index (χ4n) is 1.16. The zero-order valence-electron chi connectivity index (χ0n) is 9.67. The molecule has 1 rings (SSSR count). The van der Waals surface area contributed by atoms with Crippen molar-refractivity contribution in [3.05, 3.63) is 29.8 Å². The Morgan fingerprint density at radius 1 is 1.41 bits per heavy atom. The minimum Gasteiger partial charge on any atom is -0.478 e. The predicted molar refractivity (Wildman–Crippen MR) is 63.4 cm³/mol. The highest BCUT2D eigenvalue weighted by Gasteiger charge is 2.15. The summed E-state index contributed by atoms with van der Waals surface area (Å²) in [6.07, 6.45) is 0. The molecule has 0 spiro atoms. The third-order valence-corrected chi connectivity index (χ3v) is 3.49. The number of benzene rings is 1. The van der Waals surface area contributed by atoms with E-state index < -0.39 is 16.0 Å². The van der Waals surface area contributed by atoms with Gasteiger partial charge < -0.3 is 5.11 Å². The molecule has 0 fully saturated rings. The summed E-state index contributed by atoms with van der Waals surface area (Å²) < 4.78 is 26.0. The predicted octanol–water partition coefficient (Wildman–Crippen LogP) is 1.32. The lowest BCUT2D eigenvalue weighted by Crippen LogP contribution is -2.27. The third kappa shape index (κ3) is 3.83. The van der Waals surface area contributed by atoms with Crippen molar-refractivity contribution in [3.8, 4) is 0 Å². The second-order valence-electron chi connectivity index (χ2n) is 4.08.